The number of nitrogens with one attached hydrogen (secondary N) is 1. The maximum absolute atomic E-state index is 3.74. The highest BCUT2D eigenvalue weighted by Crippen LogP contribution is 2.30. The summed E-state index contributed by atoms with van der Waals surface area (Å²) in [5.41, 5.74) is 2.78. The van der Waals surface area contributed by atoms with Gasteiger partial charge in [-0.3, -0.25) is 0 Å². The molecule has 0 amide bonds. The fraction of sp³-hybridized carbons (Fsp3) is 0.684. The Morgan fingerprint density at radius 2 is 1.60 bits per heavy atom. The second kappa shape index (κ2) is 7.71. The van der Waals surface area contributed by atoms with Gasteiger partial charge in [0.1, 0.15) is 0 Å². The molecular formula is C19H31N. The molecule has 1 N–H and O–H groups in total. The van der Waals surface area contributed by atoms with E-state index in [-0.39, 0.29) is 0 Å². The summed E-state index contributed by atoms with van der Waals surface area (Å²) in [6.07, 6.45) is 9.24. The monoisotopic (exact) mass is 273 g/mol. The Bertz CT molecular complexity index is 371. The number of aryl methyl sites for hydroxylation is 1. The molecule has 1 heteroatoms. The maximum Gasteiger partial charge on any atom is 0.0342 e. The molecule has 1 aromatic rings. The molecule has 0 aliphatic heterocycles. The highest BCUT2D eigenvalue weighted by atomic mass is 14.9. The van der Waals surface area contributed by atoms with Crippen molar-refractivity contribution in [3.8, 4) is 0 Å². The van der Waals surface area contributed by atoms with Crippen LogP contribution in [0, 0.1) is 11.8 Å². The van der Waals surface area contributed by atoms with Crippen LogP contribution >= 0.6 is 0 Å². The van der Waals surface area contributed by atoms with Crippen LogP contribution < -0.4 is 5.32 Å². The first-order valence-electron chi connectivity index (χ1n) is 8.52. The molecule has 0 heterocycles. The first-order chi connectivity index (χ1) is 9.67. The van der Waals surface area contributed by atoms with Crippen molar-refractivity contribution >= 4 is 5.69 Å². The standard InChI is InChI=1S/C19H31N/c1-4-5-6-7-17-8-10-18(11-9-17)20-19-13-15(2)12-16(3)14-19/h8-11,15-16,19-20H,4-7,12-14H2,1-3H3. The minimum Gasteiger partial charge on any atom is -0.382 e. The Kier molecular flexibility index (Phi) is 5.94. The van der Waals surface area contributed by atoms with Crippen molar-refractivity contribution in [2.75, 3.05) is 5.32 Å². The molecular weight excluding hydrogens is 242 g/mol. The second-order valence-corrected chi connectivity index (χ2v) is 6.91. The smallest absolute Gasteiger partial charge is 0.0342 e. The van der Waals surface area contributed by atoms with Crippen LogP contribution in [-0.2, 0) is 6.42 Å². The van der Waals surface area contributed by atoms with Gasteiger partial charge in [-0.2, -0.15) is 0 Å². The topological polar surface area (TPSA) is 12.0 Å². The van der Waals surface area contributed by atoms with Crippen molar-refractivity contribution in [2.45, 2.75) is 71.8 Å². The lowest BCUT2D eigenvalue weighted by molar-refractivity contribution is 0.281. The molecule has 2 rings (SSSR count). The lowest BCUT2D eigenvalue weighted by atomic mass is 9.80. The van der Waals surface area contributed by atoms with Gasteiger partial charge in [-0.25, -0.2) is 0 Å². The molecule has 1 saturated carbocycles. The van der Waals surface area contributed by atoms with Crippen LogP contribution in [0.1, 0.15) is 64.9 Å². The van der Waals surface area contributed by atoms with Gasteiger partial charge in [-0.15, -0.1) is 0 Å². The molecule has 112 valence electrons. The van der Waals surface area contributed by atoms with Gasteiger partial charge in [-0.05, 0) is 61.6 Å². The summed E-state index contributed by atoms with van der Waals surface area (Å²) < 4.78 is 0. The second-order valence-electron chi connectivity index (χ2n) is 6.91. The molecule has 0 saturated heterocycles. The predicted molar refractivity (Wildman–Crippen MR) is 89.3 cm³/mol. The van der Waals surface area contributed by atoms with Gasteiger partial charge in [-0.1, -0.05) is 45.7 Å². The predicted octanol–water partition coefficient (Wildman–Crippen LogP) is 5.66. The van der Waals surface area contributed by atoms with Gasteiger partial charge in [0.25, 0.3) is 0 Å². The summed E-state index contributed by atoms with van der Waals surface area (Å²) in [5.74, 6) is 1.73. The fourth-order valence-corrected chi connectivity index (χ4v) is 3.65. The van der Waals surface area contributed by atoms with E-state index in [2.05, 4.69) is 50.4 Å². The molecule has 0 aromatic heterocycles. The quantitative estimate of drug-likeness (QED) is 0.660. The summed E-state index contributed by atoms with van der Waals surface area (Å²) in [5, 5.41) is 3.74. The molecule has 1 aliphatic carbocycles. The minimum atomic E-state index is 0.666. The van der Waals surface area contributed by atoms with E-state index in [0.717, 1.165) is 11.8 Å². The lowest BCUT2D eigenvalue weighted by Crippen LogP contribution is -2.30. The van der Waals surface area contributed by atoms with E-state index in [0.29, 0.717) is 6.04 Å². The Morgan fingerprint density at radius 3 is 2.20 bits per heavy atom. The zero-order valence-electron chi connectivity index (χ0n) is 13.5. The van der Waals surface area contributed by atoms with Gasteiger partial charge in [0, 0.05) is 11.7 Å². The van der Waals surface area contributed by atoms with Crippen LogP contribution in [0.2, 0.25) is 0 Å². The molecule has 20 heavy (non-hydrogen) atoms. The molecule has 0 spiro atoms. The number of anilines is 1. The third-order valence-corrected chi connectivity index (χ3v) is 4.57. The summed E-state index contributed by atoms with van der Waals surface area (Å²) >= 11 is 0. The zero-order chi connectivity index (χ0) is 14.4. The van der Waals surface area contributed by atoms with Gasteiger partial charge in [0.05, 0.1) is 0 Å². The minimum absolute atomic E-state index is 0.666. The first-order valence-corrected chi connectivity index (χ1v) is 8.52. The van der Waals surface area contributed by atoms with Gasteiger partial charge in [0.2, 0.25) is 0 Å². The number of rotatable bonds is 6. The largest absolute Gasteiger partial charge is 0.382 e. The summed E-state index contributed by atoms with van der Waals surface area (Å²) in [7, 11) is 0. The van der Waals surface area contributed by atoms with E-state index in [4.69, 9.17) is 0 Å². The third-order valence-electron chi connectivity index (χ3n) is 4.57. The Hall–Kier alpha value is -0.980. The van der Waals surface area contributed by atoms with Crippen LogP contribution in [0.15, 0.2) is 24.3 Å². The molecule has 0 bridgehead atoms. The number of hydrogen-bond acceptors (Lipinski definition) is 1. The van der Waals surface area contributed by atoms with E-state index in [9.17, 15) is 0 Å². The average Bonchev–Trinajstić information content (AvgIpc) is 2.40. The highest BCUT2D eigenvalue weighted by Gasteiger charge is 2.23. The average molecular weight is 273 g/mol. The van der Waals surface area contributed by atoms with Crippen molar-refractivity contribution in [1.82, 2.24) is 0 Å². The van der Waals surface area contributed by atoms with Crippen molar-refractivity contribution in [3.63, 3.8) is 0 Å². The molecule has 1 fully saturated rings. The van der Waals surface area contributed by atoms with Crippen molar-refractivity contribution in [3.05, 3.63) is 29.8 Å². The molecule has 1 aliphatic rings. The summed E-state index contributed by atoms with van der Waals surface area (Å²) in [6, 6.07) is 9.80. The molecule has 2 unspecified atom stereocenters. The van der Waals surface area contributed by atoms with E-state index < -0.39 is 0 Å². The van der Waals surface area contributed by atoms with E-state index >= 15 is 0 Å². The molecule has 1 aromatic carbocycles. The third kappa shape index (κ3) is 4.85. The number of benzene rings is 1. The van der Waals surface area contributed by atoms with Crippen LogP contribution in [0.3, 0.4) is 0 Å². The molecule has 1 nitrogen and oxygen atoms in total. The van der Waals surface area contributed by atoms with E-state index in [1.165, 1.54) is 56.2 Å². The number of unbranched alkanes of at least 4 members (excludes halogenated alkanes) is 2. The van der Waals surface area contributed by atoms with E-state index in [1.54, 1.807) is 0 Å². The van der Waals surface area contributed by atoms with Gasteiger partial charge >= 0.3 is 0 Å². The van der Waals surface area contributed by atoms with E-state index in [1.807, 2.05) is 0 Å². The van der Waals surface area contributed by atoms with Crippen LogP contribution in [-0.4, -0.2) is 6.04 Å². The maximum atomic E-state index is 3.74. The lowest BCUT2D eigenvalue weighted by Gasteiger charge is -2.32. The normalized spacial score (nSPS) is 26.4. The van der Waals surface area contributed by atoms with Crippen molar-refractivity contribution in [2.24, 2.45) is 11.8 Å². The fourth-order valence-electron chi connectivity index (χ4n) is 3.65. The summed E-state index contributed by atoms with van der Waals surface area (Å²) in [4.78, 5) is 0. The zero-order valence-corrected chi connectivity index (χ0v) is 13.5. The SMILES string of the molecule is CCCCCc1ccc(NC2CC(C)CC(C)C2)cc1. The number of hydrogen-bond donors (Lipinski definition) is 1. The molecule has 2 atom stereocenters. The Labute approximate surface area is 125 Å². The molecule has 0 radical (unpaired) electrons. The van der Waals surface area contributed by atoms with Crippen molar-refractivity contribution < 1.29 is 0 Å². The van der Waals surface area contributed by atoms with Gasteiger partial charge in [0.15, 0.2) is 0 Å². The van der Waals surface area contributed by atoms with Crippen LogP contribution in [0.5, 0.6) is 0 Å². The van der Waals surface area contributed by atoms with Gasteiger partial charge < -0.3 is 5.32 Å². The van der Waals surface area contributed by atoms with Crippen LogP contribution in [0.4, 0.5) is 5.69 Å². The van der Waals surface area contributed by atoms with Crippen LogP contribution in [0.25, 0.3) is 0 Å². The summed E-state index contributed by atoms with van der Waals surface area (Å²) in [6.45, 7) is 7.04. The van der Waals surface area contributed by atoms with Crippen molar-refractivity contribution in [1.29, 1.82) is 0 Å². The first kappa shape index (κ1) is 15.4. The highest BCUT2D eigenvalue weighted by molar-refractivity contribution is 5.45. The Morgan fingerprint density at radius 1 is 0.950 bits per heavy atom. The Balaban J connectivity index is 1.83.